The average Bonchev–Trinajstić information content (AvgIpc) is 2.70. The first kappa shape index (κ1) is 13.4. The lowest BCUT2D eigenvalue weighted by molar-refractivity contribution is -0.139. The number of carbonyl (C=O) groups is 2. The van der Waals surface area contributed by atoms with Gasteiger partial charge in [0.1, 0.15) is 6.04 Å². The number of thiophene rings is 1. The number of amides is 1. The molecule has 0 spiro atoms. The molecule has 0 saturated heterocycles. The smallest absolute Gasteiger partial charge is 0.326 e. The number of rotatable bonds is 6. The van der Waals surface area contributed by atoms with Crippen molar-refractivity contribution in [3.05, 3.63) is 34.5 Å². The van der Waals surface area contributed by atoms with Crippen molar-refractivity contribution in [3.8, 4) is 0 Å². The number of hydrogen-bond acceptors (Lipinski definition) is 3. The molecule has 1 amide bonds. The van der Waals surface area contributed by atoms with Gasteiger partial charge in [0, 0.05) is 5.38 Å². The molecule has 1 atom stereocenters. The molecule has 1 aromatic heterocycles. The van der Waals surface area contributed by atoms with Gasteiger partial charge in [0.2, 0.25) is 0 Å². The van der Waals surface area contributed by atoms with Crippen molar-refractivity contribution in [2.75, 3.05) is 0 Å². The van der Waals surface area contributed by atoms with Gasteiger partial charge < -0.3 is 10.4 Å². The van der Waals surface area contributed by atoms with Crippen LogP contribution in [0.15, 0.2) is 23.4 Å². The summed E-state index contributed by atoms with van der Waals surface area (Å²) in [6.45, 7) is 5.36. The highest BCUT2D eigenvalue weighted by atomic mass is 32.1. The number of aliphatic carboxylic acids is 1. The first-order valence-electron chi connectivity index (χ1n) is 5.23. The molecule has 1 heterocycles. The Balaban J connectivity index is 2.67. The van der Waals surface area contributed by atoms with Gasteiger partial charge in [-0.25, -0.2) is 4.79 Å². The van der Waals surface area contributed by atoms with Crippen LogP contribution in [0.25, 0.3) is 0 Å². The van der Waals surface area contributed by atoms with E-state index in [0.717, 1.165) is 5.56 Å². The first-order valence-corrected chi connectivity index (χ1v) is 6.18. The van der Waals surface area contributed by atoms with Crippen LogP contribution in [0.5, 0.6) is 0 Å². The SMILES string of the molecule is C=CCCC(NC(=O)c1cscc1C)C(=O)O. The Morgan fingerprint density at radius 1 is 1.59 bits per heavy atom. The van der Waals surface area contributed by atoms with E-state index in [2.05, 4.69) is 11.9 Å². The van der Waals surface area contributed by atoms with Gasteiger partial charge in [-0.15, -0.1) is 6.58 Å². The molecule has 0 bridgehead atoms. The molecular weight excluding hydrogens is 238 g/mol. The maximum atomic E-state index is 11.8. The van der Waals surface area contributed by atoms with Gasteiger partial charge in [-0.1, -0.05) is 6.08 Å². The molecule has 2 N–H and O–H groups in total. The van der Waals surface area contributed by atoms with Crippen LogP contribution in [0.4, 0.5) is 0 Å². The zero-order chi connectivity index (χ0) is 12.8. The van der Waals surface area contributed by atoms with Crippen LogP contribution in [0, 0.1) is 6.92 Å². The minimum Gasteiger partial charge on any atom is -0.480 e. The van der Waals surface area contributed by atoms with Crippen LogP contribution in [-0.4, -0.2) is 23.0 Å². The highest BCUT2D eigenvalue weighted by molar-refractivity contribution is 7.08. The highest BCUT2D eigenvalue weighted by Crippen LogP contribution is 2.13. The normalized spacial score (nSPS) is 11.8. The van der Waals surface area contributed by atoms with Crippen LogP contribution >= 0.6 is 11.3 Å². The second kappa shape index (κ2) is 6.20. The molecule has 5 heteroatoms. The molecule has 1 unspecified atom stereocenters. The maximum absolute atomic E-state index is 11.8. The molecule has 4 nitrogen and oxygen atoms in total. The maximum Gasteiger partial charge on any atom is 0.326 e. The Labute approximate surface area is 104 Å². The minimum atomic E-state index is -1.02. The van der Waals surface area contributed by atoms with E-state index in [1.165, 1.54) is 11.3 Å². The average molecular weight is 253 g/mol. The van der Waals surface area contributed by atoms with E-state index < -0.39 is 12.0 Å². The van der Waals surface area contributed by atoms with E-state index in [0.29, 0.717) is 18.4 Å². The number of aryl methyl sites for hydroxylation is 1. The number of nitrogens with one attached hydrogen (secondary N) is 1. The van der Waals surface area contributed by atoms with Gasteiger partial charge in [-0.05, 0) is 30.7 Å². The Hall–Kier alpha value is -1.62. The largest absolute Gasteiger partial charge is 0.480 e. The summed E-state index contributed by atoms with van der Waals surface area (Å²) in [7, 11) is 0. The topological polar surface area (TPSA) is 66.4 Å². The van der Waals surface area contributed by atoms with E-state index >= 15 is 0 Å². The van der Waals surface area contributed by atoms with E-state index in [-0.39, 0.29) is 5.91 Å². The van der Waals surface area contributed by atoms with Crippen molar-refractivity contribution < 1.29 is 14.7 Å². The van der Waals surface area contributed by atoms with E-state index in [9.17, 15) is 9.59 Å². The standard InChI is InChI=1S/C12H15NO3S/c1-3-4-5-10(12(15)16)13-11(14)9-7-17-6-8(9)2/h3,6-7,10H,1,4-5H2,2H3,(H,13,14)(H,15,16). The van der Waals surface area contributed by atoms with E-state index in [1.807, 2.05) is 12.3 Å². The lowest BCUT2D eigenvalue weighted by Gasteiger charge is -2.13. The van der Waals surface area contributed by atoms with Crippen LogP contribution in [0.2, 0.25) is 0 Å². The molecular formula is C12H15NO3S. The fourth-order valence-corrected chi connectivity index (χ4v) is 2.20. The highest BCUT2D eigenvalue weighted by Gasteiger charge is 2.20. The Bertz CT molecular complexity index is 425. The number of hydrogen-bond donors (Lipinski definition) is 2. The lowest BCUT2D eigenvalue weighted by Crippen LogP contribution is -2.40. The van der Waals surface area contributed by atoms with E-state index in [4.69, 9.17) is 5.11 Å². The van der Waals surface area contributed by atoms with Crippen LogP contribution in [0.3, 0.4) is 0 Å². The molecule has 0 radical (unpaired) electrons. The van der Waals surface area contributed by atoms with Crippen LogP contribution in [-0.2, 0) is 4.79 Å². The second-order valence-electron chi connectivity index (χ2n) is 3.70. The monoisotopic (exact) mass is 253 g/mol. The van der Waals surface area contributed by atoms with Crippen LogP contribution in [0.1, 0.15) is 28.8 Å². The molecule has 0 aliphatic rings. The molecule has 0 aliphatic heterocycles. The molecule has 0 saturated carbocycles. The van der Waals surface area contributed by atoms with Gasteiger partial charge in [0.25, 0.3) is 5.91 Å². The van der Waals surface area contributed by atoms with Gasteiger partial charge in [-0.3, -0.25) is 4.79 Å². The second-order valence-corrected chi connectivity index (χ2v) is 4.44. The molecule has 92 valence electrons. The summed E-state index contributed by atoms with van der Waals surface area (Å²) < 4.78 is 0. The van der Waals surface area contributed by atoms with Crippen molar-refractivity contribution in [1.82, 2.24) is 5.32 Å². The van der Waals surface area contributed by atoms with Gasteiger partial charge in [0.05, 0.1) is 5.56 Å². The summed E-state index contributed by atoms with van der Waals surface area (Å²) in [4.78, 5) is 22.8. The van der Waals surface area contributed by atoms with Gasteiger partial charge in [0.15, 0.2) is 0 Å². The molecule has 1 aromatic rings. The van der Waals surface area contributed by atoms with Crippen molar-refractivity contribution >= 4 is 23.2 Å². The molecule has 1 rings (SSSR count). The van der Waals surface area contributed by atoms with Gasteiger partial charge >= 0.3 is 5.97 Å². The zero-order valence-corrected chi connectivity index (χ0v) is 10.4. The summed E-state index contributed by atoms with van der Waals surface area (Å²) >= 11 is 1.42. The van der Waals surface area contributed by atoms with Crippen LogP contribution < -0.4 is 5.32 Å². The Morgan fingerprint density at radius 3 is 2.76 bits per heavy atom. The number of carbonyl (C=O) groups excluding carboxylic acids is 1. The van der Waals surface area contributed by atoms with Gasteiger partial charge in [-0.2, -0.15) is 11.3 Å². The predicted molar refractivity (Wildman–Crippen MR) is 67.4 cm³/mol. The third-order valence-electron chi connectivity index (χ3n) is 2.36. The van der Waals surface area contributed by atoms with E-state index in [1.54, 1.807) is 11.5 Å². The summed E-state index contributed by atoms with van der Waals surface area (Å²) in [5.41, 5.74) is 1.40. The number of carboxylic acids is 1. The lowest BCUT2D eigenvalue weighted by atomic mass is 10.1. The molecule has 0 aliphatic carbocycles. The fraction of sp³-hybridized carbons (Fsp3) is 0.333. The van der Waals surface area contributed by atoms with Crippen molar-refractivity contribution in [2.24, 2.45) is 0 Å². The van der Waals surface area contributed by atoms with Crippen molar-refractivity contribution in [2.45, 2.75) is 25.8 Å². The summed E-state index contributed by atoms with van der Waals surface area (Å²) in [6, 6.07) is -0.861. The molecule has 0 fully saturated rings. The third-order valence-corrected chi connectivity index (χ3v) is 3.22. The number of carboxylic acid groups (broad SMARTS) is 1. The Morgan fingerprint density at radius 2 is 2.29 bits per heavy atom. The third kappa shape index (κ3) is 3.71. The predicted octanol–water partition coefficient (Wildman–Crippen LogP) is 2.21. The number of allylic oxidation sites excluding steroid dienone is 1. The first-order chi connectivity index (χ1) is 8.06. The summed E-state index contributed by atoms with van der Waals surface area (Å²) in [6.07, 6.45) is 2.55. The summed E-state index contributed by atoms with van der Waals surface area (Å²) in [5, 5.41) is 15.1. The van der Waals surface area contributed by atoms with Crippen molar-refractivity contribution in [1.29, 1.82) is 0 Å². The molecule has 0 aromatic carbocycles. The van der Waals surface area contributed by atoms with Crippen molar-refractivity contribution in [3.63, 3.8) is 0 Å². The molecule has 17 heavy (non-hydrogen) atoms. The summed E-state index contributed by atoms with van der Waals surface area (Å²) in [5.74, 6) is -1.35. The minimum absolute atomic E-state index is 0.333. The Kier molecular flexibility index (Phi) is 4.90. The fourth-order valence-electron chi connectivity index (χ4n) is 1.37. The quantitative estimate of drug-likeness (QED) is 0.764. The zero-order valence-electron chi connectivity index (χ0n) is 9.60.